The van der Waals surface area contributed by atoms with E-state index in [2.05, 4.69) is 6.07 Å². The van der Waals surface area contributed by atoms with Gasteiger partial charge in [0.05, 0.1) is 17.2 Å². The minimum Gasteiger partial charge on any atom is -0.385 e. The van der Waals surface area contributed by atoms with E-state index in [9.17, 15) is 4.79 Å². The first-order valence-electron chi connectivity index (χ1n) is 7.57. The van der Waals surface area contributed by atoms with E-state index in [-0.39, 0.29) is 11.9 Å². The summed E-state index contributed by atoms with van der Waals surface area (Å²) in [7, 11) is 1.70. The van der Waals surface area contributed by atoms with Gasteiger partial charge in [-0.2, -0.15) is 5.26 Å². The SMILES string of the molecule is COCCC[C@@H]1CCCCN1C(=O)c1ccccc1C#N. The van der Waals surface area contributed by atoms with Crippen LogP contribution in [0.15, 0.2) is 24.3 Å². The maximum atomic E-state index is 12.8. The number of amides is 1. The summed E-state index contributed by atoms with van der Waals surface area (Å²) in [5.74, 6) is -0.00531. The second-order valence-electron chi connectivity index (χ2n) is 5.44. The van der Waals surface area contributed by atoms with E-state index in [0.717, 1.165) is 38.8 Å². The first-order valence-corrected chi connectivity index (χ1v) is 7.57. The minimum atomic E-state index is -0.00531. The van der Waals surface area contributed by atoms with E-state index in [0.29, 0.717) is 11.1 Å². The number of benzene rings is 1. The van der Waals surface area contributed by atoms with Crippen LogP contribution >= 0.6 is 0 Å². The normalized spacial score (nSPS) is 18.3. The zero-order valence-corrected chi connectivity index (χ0v) is 12.5. The monoisotopic (exact) mass is 286 g/mol. The Balaban J connectivity index is 2.13. The van der Waals surface area contributed by atoms with Gasteiger partial charge in [0.1, 0.15) is 0 Å². The Morgan fingerprint density at radius 3 is 3.00 bits per heavy atom. The summed E-state index contributed by atoms with van der Waals surface area (Å²) in [5.41, 5.74) is 0.988. The van der Waals surface area contributed by atoms with Gasteiger partial charge < -0.3 is 9.64 Å². The molecule has 0 radical (unpaired) electrons. The average molecular weight is 286 g/mol. The van der Waals surface area contributed by atoms with Crippen molar-refractivity contribution in [2.45, 2.75) is 38.1 Å². The molecule has 1 aromatic rings. The van der Waals surface area contributed by atoms with Gasteiger partial charge in [-0.05, 0) is 44.2 Å². The Labute approximate surface area is 126 Å². The zero-order chi connectivity index (χ0) is 15.1. The lowest BCUT2D eigenvalue weighted by Gasteiger charge is -2.36. The molecule has 0 saturated carbocycles. The Hall–Kier alpha value is -1.86. The molecule has 0 aliphatic carbocycles. The van der Waals surface area contributed by atoms with Gasteiger partial charge >= 0.3 is 0 Å². The van der Waals surface area contributed by atoms with Crippen molar-refractivity contribution < 1.29 is 9.53 Å². The molecule has 1 fully saturated rings. The van der Waals surface area contributed by atoms with Crippen LogP contribution in [-0.4, -0.2) is 37.1 Å². The van der Waals surface area contributed by atoms with Crippen LogP contribution in [0, 0.1) is 11.3 Å². The van der Waals surface area contributed by atoms with Crippen LogP contribution in [0.3, 0.4) is 0 Å². The molecule has 0 unspecified atom stereocenters. The highest BCUT2D eigenvalue weighted by molar-refractivity contribution is 5.96. The van der Waals surface area contributed by atoms with Gasteiger partial charge in [0.15, 0.2) is 0 Å². The van der Waals surface area contributed by atoms with Crippen LogP contribution in [0.4, 0.5) is 0 Å². The lowest BCUT2D eigenvalue weighted by Crippen LogP contribution is -2.44. The first kappa shape index (κ1) is 15.5. The number of hydrogen-bond acceptors (Lipinski definition) is 3. The fourth-order valence-corrected chi connectivity index (χ4v) is 2.95. The molecule has 21 heavy (non-hydrogen) atoms. The van der Waals surface area contributed by atoms with Gasteiger partial charge in [0.25, 0.3) is 5.91 Å². The maximum Gasteiger partial charge on any atom is 0.255 e. The van der Waals surface area contributed by atoms with Gasteiger partial charge in [0.2, 0.25) is 0 Å². The maximum absolute atomic E-state index is 12.8. The Bertz CT molecular complexity index is 522. The molecule has 1 saturated heterocycles. The number of nitrogens with zero attached hydrogens (tertiary/aromatic N) is 2. The van der Waals surface area contributed by atoms with Crippen molar-refractivity contribution in [3.8, 4) is 6.07 Å². The molecule has 0 spiro atoms. The summed E-state index contributed by atoms with van der Waals surface area (Å²) in [6.07, 6.45) is 5.19. The quantitative estimate of drug-likeness (QED) is 0.782. The molecule has 1 amide bonds. The molecular formula is C17H22N2O2. The van der Waals surface area contributed by atoms with Gasteiger partial charge in [-0.15, -0.1) is 0 Å². The van der Waals surface area contributed by atoms with Gasteiger partial charge in [0, 0.05) is 26.3 Å². The largest absolute Gasteiger partial charge is 0.385 e. The Morgan fingerprint density at radius 2 is 2.24 bits per heavy atom. The number of piperidine rings is 1. The topological polar surface area (TPSA) is 53.3 Å². The summed E-state index contributed by atoms with van der Waals surface area (Å²) in [5, 5.41) is 9.17. The highest BCUT2D eigenvalue weighted by Crippen LogP contribution is 2.24. The van der Waals surface area contributed by atoms with Gasteiger partial charge in [-0.1, -0.05) is 12.1 Å². The van der Waals surface area contributed by atoms with Crippen molar-refractivity contribution in [3.63, 3.8) is 0 Å². The van der Waals surface area contributed by atoms with E-state index < -0.39 is 0 Å². The molecule has 1 atom stereocenters. The van der Waals surface area contributed by atoms with E-state index >= 15 is 0 Å². The first-order chi connectivity index (χ1) is 10.3. The summed E-state index contributed by atoms with van der Waals surface area (Å²) >= 11 is 0. The summed E-state index contributed by atoms with van der Waals surface area (Å²) in [6.45, 7) is 1.52. The molecule has 2 rings (SSSR count). The molecule has 4 heteroatoms. The second kappa shape index (κ2) is 7.80. The van der Waals surface area contributed by atoms with E-state index in [1.54, 1.807) is 25.3 Å². The third-order valence-electron chi connectivity index (χ3n) is 4.05. The number of ether oxygens (including phenoxy) is 1. The summed E-state index contributed by atoms with van der Waals surface area (Å²) in [4.78, 5) is 14.7. The summed E-state index contributed by atoms with van der Waals surface area (Å²) in [6, 6.07) is 9.45. The third kappa shape index (κ3) is 3.83. The lowest BCUT2D eigenvalue weighted by molar-refractivity contribution is 0.0584. The fourth-order valence-electron chi connectivity index (χ4n) is 2.95. The third-order valence-corrected chi connectivity index (χ3v) is 4.05. The number of nitriles is 1. The van der Waals surface area contributed by atoms with Crippen molar-refractivity contribution in [1.29, 1.82) is 5.26 Å². The second-order valence-corrected chi connectivity index (χ2v) is 5.44. The van der Waals surface area contributed by atoms with Crippen molar-refractivity contribution in [2.24, 2.45) is 0 Å². The number of rotatable bonds is 5. The van der Waals surface area contributed by atoms with Crippen LogP contribution < -0.4 is 0 Å². The fraction of sp³-hybridized carbons (Fsp3) is 0.529. The molecule has 0 aromatic heterocycles. The molecule has 112 valence electrons. The molecular weight excluding hydrogens is 264 g/mol. The van der Waals surface area contributed by atoms with Crippen LogP contribution in [0.1, 0.15) is 48.0 Å². The highest BCUT2D eigenvalue weighted by Gasteiger charge is 2.28. The van der Waals surface area contributed by atoms with E-state index in [1.807, 2.05) is 11.0 Å². The van der Waals surface area contributed by atoms with Crippen molar-refractivity contribution in [2.75, 3.05) is 20.3 Å². The molecule has 1 aliphatic heterocycles. The van der Waals surface area contributed by atoms with Crippen molar-refractivity contribution in [1.82, 2.24) is 4.90 Å². The van der Waals surface area contributed by atoms with Gasteiger partial charge in [-0.3, -0.25) is 4.79 Å². The number of hydrogen-bond donors (Lipinski definition) is 0. The van der Waals surface area contributed by atoms with Crippen molar-refractivity contribution in [3.05, 3.63) is 35.4 Å². The minimum absolute atomic E-state index is 0.00531. The molecule has 1 aliphatic rings. The van der Waals surface area contributed by atoms with Crippen LogP contribution in [0.2, 0.25) is 0 Å². The number of likely N-dealkylation sites (tertiary alicyclic amines) is 1. The zero-order valence-electron chi connectivity index (χ0n) is 12.5. The van der Waals surface area contributed by atoms with Gasteiger partial charge in [-0.25, -0.2) is 0 Å². The Morgan fingerprint density at radius 1 is 1.43 bits per heavy atom. The van der Waals surface area contributed by atoms with Crippen molar-refractivity contribution >= 4 is 5.91 Å². The molecule has 1 heterocycles. The lowest BCUT2D eigenvalue weighted by atomic mass is 9.96. The van der Waals surface area contributed by atoms with E-state index in [4.69, 9.17) is 10.00 Å². The van der Waals surface area contributed by atoms with Crippen LogP contribution in [0.25, 0.3) is 0 Å². The number of carbonyl (C=O) groups is 1. The van der Waals surface area contributed by atoms with Crippen LogP contribution in [0.5, 0.6) is 0 Å². The molecule has 0 N–H and O–H groups in total. The average Bonchev–Trinajstić information content (AvgIpc) is 2.55. The molecule has 0 bridgehead atoms. The number of carbonyl (C=O) groups excluding carboxylic acids is 1. The molecule has 1 aromatic carbocycles. The highest BCUT2D eigenvalue weighted by atomic mass is 16.5. The summed E-state index contributed by atoms with van der Waals surface area (Å²) < 4.78 is 5.10. The van der Waals surface area contributed by atoms with Crippen LogP contribution in [-0.2, 0) is 4.74 Å². The molecule has 4 nitrogen and oxygen atoms in total. The van der Waals surface area contributed by atoms with E-state index in [1.165, 1.54) is 6.42 Å². The predicted molar refractivity (Wildman–Crippen MR) is 80.9 cm³/mol. The standard InChI is InChI=1S/C17H22N2O2/c1-21-12-6-9-15-8-4-5-11-19(15)17(20)16-10-3-2-7-14(16)13-18/h2-3,7,10,15H,4-6,8-9,11-12H2,1H3/t15-/m0/s1. The Kier molecular flexibility index (Phi) is 5.77. The number of methoxy groups -OCH3 is 1. The smallest absolute Gasteiger partial charge is 0.255 e. The predicted octanol–water partition coefficient (Wildman–Crippen LogP) is 2.98.